The Morgan fingerprint density at radius 1 is 1.41 bits per heavy atom. The number of hydrogen-bond acceptors (Lipinski definition) is 3. The van der Waals surface area contributed by atoms with Gasteiger partial charge in [0.2, 0.25) is 0 Å². The molecule has 0 saturated carbocycles. The SMILES string of the molecule is Cc1ccc(F)c(N2CCCC(NC(=O)OC(C)(C)C)C2)c1. The molecule has 0 aromatic heterocycles. The van der Waals surface area contributed by atoms with Gasteiger partial charge in [0, 0.05) is 19.1 Å². The molecule has 22 heavy (non-hydrogen) atoms. The fraction of sp³-hybridized carbons (Fsp3) is 0.588. The van der Waals surface area contributed by atoms with E-state index in [1.807, 2.05) is 38.7 Å². The van der Waals surface area contributed by atoms with E-state index in [-0.39, 0.29) is 11.9 Å². The van der Waals surface area contributed by atoms with Crippen molar-refractivity contribution < 1.29 is 13.9 Å². The lowest BCUT2D eigenvalue weighted by Gasteiger charge is -2.35. The molecule has 1 atom stereocenters. The first kappa shape index (κ1) is 16.6. The topological polar surface area (TPSA) is 41.6 Å². The van der Waals surface area contributed by atoms with Gasteiger partial charge in [-0.3, -0.25) is 0 Å². The minimum absolute atomic E-state index is 0.0245. The summed E-state index contributed by atoms with van der Waals surface area (Å²) in [6, 6.07) is 5.09. The van der Waals surface area contributed by atoms with Crippen molar-refractivity contribution in [2.45, 2.75) is 52.2 Å². The van der Waals surface area contributed by atoms with E-state index in [9.17, 15) is 9.18 Å². The van der Waals surface area contributed by atoms with Crippen LogP contribution in [0.4, 0.5) is 14.9 Å². The van der Waals surface area contributed by atoms with Crippen LogP contribution in [0.3, 0.4) is 0 Å². The number of carbonyl (C=O) groups is 1. The van der Waals surface area contributed by atoms with Gasteiger partial charge < -0.3 is 15.0 Å². The predicted molar refractivity (Wildman–Crippen MR) is 85.7 cm³/mol. The summed E-state index contributed by atoms with van der Waals surface area (Å²) in [6.07, 6.45) is 1.38. The number of ether oxygens (including phenoxy) is 1. The van der Waals surface area contributed by atoms with Gasteiger partial charge in [0.15, 0.2) is 0 Å². The van der Waals surface area contributed by atoms with Crippen LogP contribution in [0.1, 0.15) is 39.2 Å². The van der Waals surface area contributed by atoms with Crippen LogP contribution in [0.15, 0.2) is 18.2 Å². The molecule has 122 valence electrons. The van der Waals surface area contributed by atoms with Crippen LogP contribution in [0, 0.1) is 12.7 Å². The summed E-state index contributed by atoms with van der Waals surface area (Å²) in [5.41, 5.74) is 1.12. The maximum Gasteiger partial charge on any atom is 0.407 e. The van der Waals surface area contributed by atoms with Gasteiger partial charge in [-0.2, -0.15) is 0 Å². The van der Waals surface area contributed by atoms with Crippen LogP contribution in [-0.4, -0.2) is 30.8 Å². The number of alkyl carbamates (subject to hydrolysis) is 1. The molecule has 1 aliphatic rings. The maximum atomic E-state index is 14.0. The van der Waals surface area contributed by atoms with E-state index in [1.165, 1.54) is 6.07 Å². The van der Waals surface area contributed by atoms with Crippen molar-refractivity contribution in [3.8, 4) is 0 Å². The molecule has 5 heteroatoms. The molecule has 1 heterocycles. The molecule has 1 fully saturated rings. The van der Waals surface area contributed by atoms with Crippen LogP contribution in [0.2, 0.25) is 0 Å². The molecule has 2 rings (SSSR count). The molecular weight excluding hydrogens is 283 g/mol. The van der Waals surface area contributed by atoms with Gasteiger partial charge in [-0.25, -0.2) is 9.18 Å². The number of nitrogens with zero attached hydrogens (tertiary/aromatic N) is 1. The number of benzene rings is 1. The highest BCUT2D eigenvalue weighted by Crippen LogP contribution is 2.24. The zero-order chi connectivity index (χ0) is 16.3. The highest BCUT2D eigenvalue weighted by Gasteiger charge is 2.25. The summed E-state index contributed by atoms with van der Waals surface area (Å²) in [6.45, 7) is 8.85. The van der Waals surface area contributed by atoms with E-state index in [0.29, 0.717) is 12.2 Å². The summed E-state index contributed by atoms with van der Waals surface area (Å²) >= 11 is 0. The minimum Gasteiger partial charge on any atom is -0.444 e. The van der Waals surface area contributed by atoms with Crippen LogP contribution in [0.25, 0.3) is 0 Å². The van der Waals surface area contributed by atoms with Gasteiger partial charge >= 0.3 is 6.09 Å². The molecule has 0 aliphatic carbocycles. The van der Waals surface area contributed by atoms with Crippen LogP contribution in [0.5, 0.6) is 0 Å². The molecule has 0 radical (unpaired) electrons. The zero-order valence-electron chi connectivity index (χ0n) is 13.8. The average Bonchev–Trinajstić information content (AvgIpc) is 2.39. The normalized spacial score (nSPS) is 19.0. The summed E-state index contributed by atoms with van der Waals surface area (Å²) in [5.74, 6) is -0.219. The zero-order valence-corrected chi connectivity index (χ0v) is 13.8. The predicted octanol–water partition coefficient (Wildman–Crippen LogP) is 3.63. The Kier molecular flexibility index (Phi) is 4.94. The molecule has 1 amide bonds. The molecule has 0 spiro atoms. The van der Waals surface area contributed by atoms with Gasteiger partial charge in [-0.05, 0) is 58.2 Å². The van der Waals surface area contributed by atoms with Crippen molar-refractivity contribution in [2.24, 2.45) is 0 Å². The van der Waals surface area contributed by atoms with E-state index in [1.54, 1.807) is 6.07 Å². The fourth-order valence-electron chi connectivity index (χ4n) is 2.65. The van der Waals surface area contributed by atoms with Crippen molar-refractivity contribution in [1.82, 2.24) is 5.32 Å². The molecule has 1 aliphatic heterocycles. The van der Waals surface area contributed by atoms with Crippen LogP contribution in [-0.2, 0) is 4.74 Å². The minimum atomic E-state index is -0.513. The van der Waals surface area contributed by atoms with Gasteiger partial charge in [0.25, 0.3) is 0 Å². The Morgan fingerprint density at radius 2 is 2.14 bits per heavy atom. The third-order valence-electron chi connectivity index (χ3n) is 3.58. The maximum absolute atomic E-state index is 14.0. The Bertz CT molecular complexity index is 540. The molecule has 0 bridgehead atoms. The quantitative estimate of drug-likeness (QED) is 0.907. The Morgan fingerprint density at radius 3 is 2.82 bits per heavy atom. The van der Waals surface area contributed by atoms with E-state index >= 15 is 0 Å². The Hall–Kier alpha value is -1.78. The molecule has 1 aromatic rings. The molecule has 1 unspecified atom stereocenters. The number of hydrogen-bond donors (Lipinski definition) is 1. The summed E-state index contributed by atoms with van der Waals surface area (Å²) in [7, 11) is 0. The van der Waals surface area contributed by atoms with E-state index in [4.69, 9.17) is 4.74 Å². The van der Waals surface area contributed by atoms with Gasteiger partial charge in [0.1, 0.15) is 11.4 Å². The number of carbonyl (C=O) groups excluding carboxylic acids is 1. The summed E-state index contributed by atoms with van der Waals surface area (Å²) in [4.78, 5) is 13.9. The lowest BCUT2D eigenvalue weighted by molar-refractivity contribution is 0.0500. The van der Waals surface area contributed by atoms with Gasteiger partial charge in [-0.15, -0.1) is 0 Å². The fourth-order valence-corrected chi connectivity index (χ4v) is 2.65. The summed E-state index contributed by atoms with van der Waals surface area (Å²) < 4.78 is 19.3. The lowest BCUT2D eigenvalue weighted by Crippen LogP contribution is -2.49. The monoisotopic (exact) mass is 308 g/mol. The van der Waals surface area contributed by atoms with Crippen molar-refractivity contribution >= 4 is 11.8 Å². The third-order valence-corrected chi connectivity index (χ3v) is 3.58. The molecule has 1 N–H and O–H groups in total. The van der Waals surface area contributed by atoms with Gasteiger partial charge in [0.05, 0.1) is 5.69 Å². The average molecular weight is 308 g/mol. The highest BCUT2D eigenvalue weighted by atomic mass is 19.1. The van der Waals surface area contributed by atoms with E-state index in [0.717, 1.165) is 24.9 Å². The van der Waals surface area contributed by atoms with E-state index in [2.05, 4.69) is 5.32 Å². The van der Waals surface area contributed by atoms with Crippen LogP contribution < -0.4 is 10.2 Å². The second-order valence-electron chi connectivity index (χ2n) is 6.89. The number of rotatable bonds is 2. The molecule has 1 aromatic carbocycles. The second-order valence-corrected chi connectivity index (χ2v) is 6.89. The smallest absolute Gasteiger partial charge is 0.407 e. The highest BCUT2D eigenvalue weighted by molar-refractivity contribution is 5.68. The van der Waals surface area contributed by atoms with Crippen LogP contribution >= 0.6 is 0 Å². The van der Waals surface area contributed by atoms with Gasteiger partial charge in [-0.1, -0.05) is 6.07 Å². The number of anilines is 1. The molecular formula is C17H25FN2O2. The molecule has 4 nitrogen and oxygen atoms in total. The Labute approximate surface area is 131 Å². The first-order valence-electron chi connectivity index (χ1n) is 7.75. The van der Waals surface area contributed by atoms with Crippen molar-refractivity contribution in [1.29, 1.82) is 0 Å². The number of amides is 1. The number of halogens is 1. The van der Waals surface area contributed by atoms with Crippen molar-refractivity contribution in [2.75, 3.05) is 18.0 Å². The number of aryl methyl sites for hydroxylation is 1. The van der Waals surface area contributed by atoms with Crippen molar-refractivity contribution in [3.63, 3.8) is 0 Å². The number of nitrogens with one attached hydrogen (secondary N) is 1. The standard InChI is InChI=1S/C17H25FN2O2/c1-12-7-8-14(18)15(10-12)20-9-5-6-13(11-20)19-16(21)22-17(2,3)4/h7-8,10,13H,5-6,9,11H2,1-4H3,(H,19,21). The second kappa shape index (κ2) is 6.55. The molecule has 1 saturated heterocycles. The largest absolute Gasteiger partial charge is 0.444 e. The third kappa shape index (κ3) is 4.61. The first-order chi connectivity index (χ1) is 10.2. The van der Waals surface area contributed by atoms with Crippen molar-refractivity contribution in [3.05, 3.63) is 29.6 Å². The van der Waals surface area contributed by atoms with E-state index < -0.39 is 11.7 Å². The lowest BCUT2D eigenvalue weighted by atomic mass is 10.0. The first-order valence-corrected chi connectivity index (χ1v) is 7.75. The summed E-state index contributed by atoms with van der Waals surface area (Å²) in [5, 5.41) is 2.88. The Balaban J connectivity index is 2.00. The number of piperidine rings is 1.